The molecule has 1 saturated heterocycles. The minimum Gasteiger partial charge on any atom is -0.395 e. The van der Waals surface area contributed by atoms with E-state index in [2.05, 4.69) is 25.6 Å². The number of halogens is 4. The molecular weight excluding hydrogens is 615 g/mol. The molecule has 0 bridgehead atoms. The first-order valence-electron chi connectivity index (χ1n) is 14.4. The van der Waals surface area contributed by atoms with E-state index in [0.29, 0.717) is 35.6 Å². The van der Waals surface area contributed by atoms with E-state index < -0.39 is 22.7 Å². The lowest BCUT2D eigenvalue weighted by Crippen LogP contribution is -2.46. The van der Waals surface area contributed by atoms with Crippen molar-refractivity contribution in [2.24, 2.45) is 5.10 Å². The van der Waals surface area contributed by atoms with Gasteiger partial charge in [-0.25, -0.2) is 5.43 Å². The molecule has 3 aromatic rings. The molecule has 1 aromatic heterocycles. The molecular formula is C31H33ClF3N5O3S. The summed E-state index contributed by atoms with van der Waals surface area (Å²) in [7, 11) is 0. The first kappa shape index (κ1) is 32.1. The molecule has 2 amide bonds. The van der Waals surface area contributed by atoms with Crippen LogP contribution in [-0.4, -0.2) is 72.3 Å². The van der Waals surface area contributed by atoms with Crippen molar-refractivity contribution < 1.29 is 27.9 Å². The number of carbonyl (C=O) groups excluding carboxylic acids is 2. The van der Waals surface area contributed by atoms with E-state index in [1.54, 1.807) is 6.07 Å². The van der Waals surface area contributed by atoms with Crippen molar-refractivity contribution in [2.45, 2.75) is 38.4 Å². The first-order valence-corrected chi connectivity index (χ1v) is 15.6. The SMILES string of the molecule is O=C(Nc1sc2c(c1C(=O)N/N=C/c1ccc(Cl)c(C(F)(F)F)c1)CCCC2)c1cccc(CN2CCN(CCO)CC2)c1. The highest BCUT2D eigenvalue weighted by atomic mass is 35.5. The molecule has 2 aliphatic rings. The Kier molecular flexibility index (Phi) is 10.4. The number of nitrogens with one attached hydrogen (secondary N) is 2. The van der Waals surface area contributed by atoms with E-state index in [1.807, 2.05) is 18.2 Å². The zero-order chi connectivity index (χ0) is 31.3. The van der Waals surface area contributed by atoms with Crippen LogP contribution < -0.4 is 10.7 Å². The number of aliphatic hydroxyl groups excluding tert-OH is 1. The standard InChI is InChI=1S/C31H33ClF3N5O3S/c32-25-9-8-20(17-24(25)31(33,34)35)18-36-38-29(43)27-23-6-1-2-7-26(23)44-30(27)37-28(42)22-5-3-4-21(16-22)19-40-12-10-39(11-13-40)14-15-41/h3-5,8-9,16-18,41H,1-2,6-7,10-15,19H2,(H,37,42)(H,38,43)/b36-18+. The van der Waals surface area contributed by atoms with Crippen LogP contribution in [0.4, 0.5) is 18.2 Å². The van der Waals surface area contributed by atoms with Crippen molar-refractivity contribution in [3.63, 3.8) is 0 Å². The summed E-state index contributed by atoms with van der Waals surface area (Å²) < 4.78 is 39.7. The lowest BCUT2D eigenvalue weighted by atomic mass is 9.95. The Labute approximate surface area is 262 Å². The largest absolute Gasteiger partial charge is 0.417 e. The predicted molar refractivity (Wildman–Crippen MR) is 166 cm³/mol. The molecule has 0 unspecified atom stereocenters. The van der Waals surface area contributed by atoms with Crippen LogP contribution in [0.5, 0.6) is 0 Å². The minimum absolute atomic E-state index is 0.120. The number of hydrogen-bond acceptors (Lipinski definition) is 7. The Hall–Kier alpha value is -3.29. The number of rotatable bonds is 9. The quantitative estimate of drug-likeness (QED) is 0.213. The summed E-state index contributed by atoms with van der Waals surface area (Å²) in [5, 5.41) is 16.0. The molecule has 0 radical (unpaired) electrons. The number of piperazine rings is 1. The summed E-state index contributed by atoms with van der Waals surface area (Å²) in [6.07, 6.45) is -0.134. The topological polar surface area (TPSA) is 97.3 Å². The number of nitrogens with zero attached hydrogens (tertiary/aromatic N) is 3. The van der Waals surface area contributed by atoms with Crippen LogP contribution in [0.3, 0.4) is 0 Å². The average molecular weight is 648 g/mol. The number of hydrogen-bond donors (Lipinski definition) is 3. The maximum Gasteiger partial charge on any atom is 0.417 e. The van der Waals surface area contributed by atoms with E-state index in [1.165, 1.54) is 17.4 Å². The number of aliphatic hydroxyl groups is 1. The van der Waals surface area contributed by atoms with Crippen LogP contribution in [-0.2, 0) is 25.6 Å². The van der Waals surface area contributed by atoms with Crippen molar-refractivity contribution >= 4 is 46.0 Å². The van der Waals surface area contributed by atoms with Crippen LogP contribution in [0.1, 0.15) is 60.7 Å². The fraction of sp³-hybridized carbons (Fsp3) is 0.387. The molecule has 1 fully saturated rings. The number of alkyl halides is 3. The van der Waals surface area contributed by atoms with Gasteiger partial charge in [-0.1, -0.05) is 29.8 Å². The molecule has 234 valence electrons. The summed E-state index contributed by atoms with van der Waals surface area (Å²) in [5.41, 5.74) is 4.23. The minimum atomic E-state index is -4.62. The number of β-amino-alcohol motifs (C(OH)–C–C–N with tert-alkyl or cyclic N) is 1. The highest BCUT2D eigenvalue weighted by molar-refractivity contribution is 7.17. The van der Waals surface area contributed by atoms with Gasteiger partial charge in [0.05, 0.1) is 29.0 Å². The third-order valence-corrected chi connectivity index (χ3v) is 9.31. The normalized spacial score (nSPS) is 16.2. The number of anilines is 1. The van der Waals surface area contributed by atoms with Crippen LogP contribution in [0.2, 0.25) is 5.02 Å². The third-order valence-electron chi connectivity index (χ3n) is 7.78. The highest BCUT2D eigenvalue weighted by Crippen LogP contribution is 2.38. The van der Waals surface area contributed by atoms with Crippen LogP contribution in [0, 0.1) is 0 Å². The van der Waals surface area contributed by atoms with Gasteiger partial charge in [0.2, 0.25) is 0 Å². The zero-order valence-electron chi connectivity index (χ0n) is 23.9. The van der Waals surface area contributed by atoms with Gasteiger partial charge in [0.1, 0.15) is 5.00 Å². The number of carbonyl (C=O) groups is 2. The Morgan fingerprint density at radius 2 is 1.77 bits per heavy atom. The molecule has 2 aromatic carbocycles. The van der Waals surface area contributed by atoms with Crippen molar-refractivity contribution in [1.82, 2.24) is 15.2 Å². The second-order valence-corrected chi connectivity index (χ2v) is 12.4. The second-order valence-electron chi connectivity index (χ2n) is 10.8. The molecule has 2 heterocycles. The van der Waals surface area contributed by atoms with Gasteiger partial charge < -0.3 is 10.4 Å². The van der Waals surface area contributed by atoms with E-state index in [0.717, 1.165) is 79.8 Å². The van der Waals surface area contributed by atoms with Crippen molar-refractivity contribution in [3.05, 3.63) is 85.7 Å². The molecule has 44 heavy (non-hydrogen) atoms. The first-order chi connectivity index (χ1) is 21.1. The lowest BCUT2D eigenvalue weighted by Gasteiger charge is -2.34. The van der Waals surface area contributed by atoms with Crippen LogP contribution >= 0.6 is 22.9 Å². The third kappa shape index (κ3) is 7.86. The fourth-order valence-corrected chi connectivity index (χ4v) is 7.02. The highest BCUT2D eigenvalue weighted by Gasteiger charge is 2.33. The van der Waals surface area contributed by atoms with Gasteiger partial charge in [-0.2, -0.15) is 18.3 Å². The Balaban J connectivity index is 1.28. The number of amides is 2. The summed E-state index contributed by atoms with van der Waals surface area (Å²) in [4.78, 5) is 32.3. The zero-order valence-corrected chi connectivity index (χ0v) is 25.5. The maximum absolute atomic E-state index is 13.4. The van der Waals surface area contributed by atoms with Gasteiger partial charge in [-0.3, -0.25) is 19.4 Å². The maximum atomic E-state index is 13.4. The second kappa shape index (κ2) is 14.2. The van der Waals surface area contributed by atoms with Gasteiger partial charge >= 0.3 is 6.18 Å². The molecule has 8 nitrogen and oxygen atoms in total. The van der Waals surface area contributed by atoms with Gasteiger partial charge in [-0.05, 0) is 66.6 Å². The number of hydrazone groups is 1. The van der Waals surface area contributed by atoms with Crippen LogP contribution in [0.25, 0.3) is 0 Å². The monoisotopic (exact) mass is 647 g/mol. The number of aryl methyl sites for hydroxylation is 1. The lowest BCUT2D eigenvalue weighted by molar-refractivity contribution is -0.137. The fourth-order valence-electron chi connectivity index (χ4n) is 5.51. The molecule has 0 saturated carbocycles. The molecule has 0 atom stereocenters. The van der Waals surface area contributed by atoms with E-state index in [9.17, 15) is 22.8 Å². The summed E-state index contributed by atoms with van der Waals surface area (Å²) in [6.45, 7) is 5.04. The molecule has 3 N–H and O–H groups in total. The van der Waals surface area contributed by atoms with Crippen LogP contribution in [0.15, 0.2) is 47.6 Å². The molecule has 5 rings (SSSR count). The van der Waals surface area contributed by atoms with Crippen molar-refractivity contribution in [3.8, 4) is 0 Å². The van der Waals surface area contributed by atoms with Gasteiger partial charge in [-0.15, -0.1) is 11.3 Å². The number of benzene rings is 2. The Bertz CT molecular complexity index is 1540. The summed E-state index contributed by atoms with van der Waals surface area (Å²) >= 11 is 7.06. The summed E-state index contributed by atoms with van der Waals surface area (Å²) in [5.74, 6) is -0.883. The smallest absolute Gasteiger partial charge is 0.395 e. The van der Waals surface area contributed by atoms with E-state index >= 15 is 0 Å². The summed E-state index contributed by atoms with van der Waals surface area (Å²) in [6, 6.07) is 10.8. The van der Waals surface area contributed by atoms with Gasteiger partial charge in [0.15, 0.2) is 0 Å². The van der Waals surface area contributed by atoms with E-state index in [4.69, 9.17) is 16.7 Å². The van der Waals surface area contributed by atoms with Gasteiger partial charge in [0, 0.05) is 49.7 Å². The number of thiophene rings is 1. The molecule has 1 aliphatic carbocycles. The van der Waals surface area contributed by atoms with Crippen molar-refractivity contribution in [2.75, 3.05) is 44.6 Å². The molecule has 13 heteroatoms. The Morgan fingerprint density at radius 3 is 2.52 bits per heavy atom. The van der Waals surface area contributed by atoms with Crippen molar-refractivity contribution in [1.29, 1.82) is 0 Å². The Morgan fingerprint density at radius 1 is 1.02 bits per heavy atom. The van der Waals surface area contributed by atoms with E-state index in [-0.39, 0.29) is 18.1 Å². The average Bonchev–Trinajstić information content (AvgIpc) is 3.36. The number of fused-ring (bicyclic) bond motifs is 1. The predicted octanol–water partition coefficient (Wildman–Crippen LogP) is 5.43. The molecule has 0 spiro atoms. The molecule has 1 aliphatic heterocycles. The van der Waals surface area contributed by atoms with Gasteiger partial charge in [0.25, 0.3) is 11.8 Å².